The van der Waals surface area contributed by atoms with E-state index >= 15 is 0 Å². The van der Waals surface area contributed by atoms with Gasteiger partial charge in [0, 0.05) is 18.0 Å². The van der Waals surface area contributed by atoms with E-state index in [9.17, 15) is 4.79 Å². The third-order valence-electron chi connectivity index (χ3n) is 2.13. The molecular weight excluding hydrogens is 220 g/mol. The van der Waals surface area contributed by atoms with Crippen molar-refractivity contribution in [2.45, 2.75) is 23.5 Å². The average Bonchev–Trinajstić information content (AvgIpc) is 2.34. The number of hydrogen-bond donors (Lipinski definition) is 2. The zero-order valence-electron chi connectivity index (χ0n) is 9.48. The van der Waals surface area contributed by atoms with Crippen molar-refractivity contribution in [3.05, 3.63) is 30.3 Å². The summed E-state index contributed by atoms with van der Waals surface area (Å²) < 4.78 is 0. The van der Waals surface area contributed by atoms with Crippen LogP contribution in [0.4, 0.5) is 0 Å². The van der Waals surface area contributed by atoms with E-state index in [0.717, 1.165) is 11.3 Å². The summed E-state index contributed by atoms with van der Waals surface area (Å²) in [6.45, 7) is 3.05. The van der Waals surface area contributed by atoms with Gasteiger partial charge in [-0.3, -0.25) is 4.79 Å². The first-order valence-electron chi connectivity index (χ1n) is 5.47. The molecule has 3 N–H and O–H groups in total. The molecule has 0 aliphatic carbocycles. The van der Waals surface area contributed by atoms with Crippen molar-refractivity contribution >= 4 is 17.7 Å². The van der Waals surface area contributed by atoms with E-state index in [-0.39, 0.29) is 11.2 Å². The Morgan fingerprint density at radius 2 is 2.12 bits per heavy atom. The van der Waals surface area contributed by atoms with E-state index in [4.69, 9.17) is 5.73 Å². The quantitative estimate of drug-likeness (QED) is 0.741. The zero-order valence-corrected chi connectivity index (χ0v) is 10.3. The van der Waals surface area contributed by atoms with E-state index < -0.39 is 0 Å². The third kappa shape index (κ3) is 4.24. The topological polar surface area (TPSA) is 55.1 Å². The van der Waals surface area contributed by atoms with Gasteiger partial charge in [-0.1, -0.05) is 25.1 Å². The molecule has 0 heterocycles. The fourth-order valence-corrected chi connectivity index (χ4v) is 2.29. The lowest BCUT2D eigenvalue weighted by molar-refractivity contribution is -0.120. The predicted molar refractivity (Wildman–Crippen MR) is 68.4 cm³/mol. The fraction of sp³-hybridized carbons (Fsp3) is 0.417. The van der Waals surface area contributed by atoms with Gasteiger partial charge in [0.1, 0.15) is 0 Å². The van der Waals surface area contributed by atoms with Crippen LogP contribution in [0.25, 0.3) is 0 Å². The van der Waals surface area contributed by atoms with Gasteiger partial charge in [0.05, 0.1) is 5.25 Å². The highest BCUT2D eigenvalue weighted by molar-refractivity contribution is 8.00. The molecule has 0 saturated heterocycles. The molecule has 16 heavy (non-hydrogen) atoms. The van der Waals surface area contributed by atoms with Gasteiger partial charge in [-0.15, -0.1) is 11.8 Å². The summed E-state index contributed by atoms with van der Waals surface area (Å²) in [7, 11) is 0. The highest BCUT2D eigenvalue weighted by atomic mass is 32.2. The maximum absolute atomic E-state index is 11.8. The van der Waals surface area contributed by atoms with Gasteiger partial charge in [-0.05, 0) is 18.6 Å². The molecule has 0 aliphatic heterocycles. The van der Waals surface area contributed by atoms with Crippen molar-refractivity contribution in [3.63, 3.8) is 0 Å². The largest absolute Gasteiger partial charge is 0.354 e. The van der Waals surface area contributed by atoms with Crippen LogP contribution in [0.3, 0.4) is 0 Å². The molecule has 1 amide bonds. The Bertz CT molecular complexity index is 316. The highest BCUT2D eigenvalue weighted by Crippen LogP contribution is 2.24. The second-order valence-corrected chi connectivity index (χ2v) is 4.68. The van der Waals surface area contributed by atoms with E-state index in [1.54, 1.807) is 11.8 Å². The molecule has 1 aromatic carbocycles. The van der Waals surface area contributed by atoms with Gasteiger partial charge in [0.2, 0.25) is 5.91 Å². The molecule has 88 valence electrons. The number of benzene rings is 1. The van der Waals surface area contributed by atoms with Crippen LogP contribution in [-0.4, -0.2) is 24.2 Å². The number of amides is 1. The second kappa shape index (κ2) is 7.30. The molecular formula is C12H18N2OS. The van der Waals surface area contributed by atoms with Gasteiger partial charge >= 0.3 is 0 Å². The number of nitrogens with two attached hydrogens (primary N) is 1. The molecule has 1 atom stereocenters. The van der Waals surface area contributed by atoms with E-state index in [1.807, 2.05) is 37.3 Å². The number of rotatable bonds is 6. The maximum atomic E-state index is 11.8. The highest BCUT2D eigenvalue weighted by Gasteiger charge is 2.16. The van der Waals surface area contributed by atoms with Crippen molar-refractivity contribution in [2.24, 2.45) is 5.73 Å². The van der Waals surface area contributed by atoms with E-state index in [2.05, 4.69) is 5.32 Å². The molecule has 0 fully saturated rings. The summed E-state index contributed by atoms with van der Waals surface area (Å²) >= 11 is 1.59. The van der Waals surface area contributed by atoms with Gasteiger partial charge in [-0.2, -0.15) is 0 Å². The minimum absolute atomic E-state index is 0.0334. The van der Waals surface area contributed by atoms with Crippen LogP contribution >= 0.6 is 11.8 Å². The predicted octanol–water partition coefficient (Wildman–Crippen LogP) is 1.63. The minimum atomic E-state index is -0.0334. The third-order valence-corrected chi connectivity index (χ3v) is 3.50. The number of nitrogens with one attached hydrogen (secondary N) is 1. The summed E-state index contributed by atoms with van der Waals surface area (Å²) in [5, 5.41) is 2.79. The first-order chi connectivity index (χ1) is 7.77. The van der Waals surface area contributed by atoms with Gasteiger partial charge in [-0.25, -0.2) is 0 Å². The lowest BCUT2D eigenvalue weighted by atomic mass is 10.3. The Hall–Kier alpha value is -1.00. The van der Waals surface area contributed by atoms with Crippen LogP contribution in [-0.2, 0) is 4.79 Å². The number of hydrogen-bond acceptors (Lipinski definition) is 3. The summed E-state index contributed by atoms with van der Waals surface area (Å²) in [4.78, 5) is 12.9. The molecule has 0 saturated carbocycles. The summed E-state index contributed by atoms with van der Waals surface area (Å²) in [5.41, 5.74) is 5.35. The molecule has 3 nitrogen and oxygen atoms in total. The second-order valence-electron chi connectivity index (χ2n) is 3.41. The maximum Gasteiger partial charge on any atom is 0.233 e. The van der Waals surface area contributed by atoms with Crippen LogP contribution < -0.4 is 11.1 Å². The SMILES string of the molecule is CCC(Sc1ccccc1)C(=O)NCCN. The van der Waals surface area contributed by atoms with E-state index in [1.165, 1.54) is 0 Å². The lowest BCUT2D eigenvalue weighted by Gasteiger charge is -2.14. The Balaban J connectivity index is 2.52. The van der Waals surface area contributed by atoms with Crippen molar-refractivity contribution in [3.8, 4) is 0 Å². The number of thioether (sulfide) groups is 1. The first kappa shape index (κ1) is 13.1. The first-order valence-corrected chi connectivity index (χ1v) is 6.35. The average molecular weight is 238 g/mol. The van der Waals surface area contributed by atoms with Crippen molar-refractivity contribution in [1.29, 1.82) is 0 Å². The molecule has 1 rings (SSSR count). The molecule has 0 spiro atoms. The van der Waals surface area contributed by atoms with E-state index in [0.29, 0.717) is 13.1 Å². The molecule has 1 unspecified atom stereocenters. The Morgan fingerprint density at radius 3 is 2.69 bits per heavy atom. The normalized spacial score (nSPS) is 12.1. The minimum Gasteiger partial charge on any atom is -0.354 e. The van der Waals surface area contributed by atoms with Crippen molar-refractivity contribution in [2.75, 3.05) is 13.1 Å². The van der Waals surface area contributed by atoms with Crippen LogP contribution in [0, 0.1) is 0 Å². The van der Waals surface area contributed by atoms with Gasteiger partial charge < -0.3 is 11.1 Å². The lowest BCUT2D eigenvalue weighted by Crippen LogP contribution is -2.35. The Kier molecular flexibility index (Phi) is 5.96. The molecule has 0 radical (unpaired) electrons. The summed E-state index contributed by atoms with van der Waals surface area (Å²) in [6, 6.07) is 9.96. The van der Waals surface area contributed by atoms with Crippen LogP contribution in [0.1, 0.15) is 13.3 Å². The monoisotopic (exact) mass is 238 g/mol. The van der Waals surface area contributed by atoms with Crippen LogP contribution in [0.15, 0.2) is 35.2 Å². The van der Waals surface area contributed by atoms with Gasteiger partial charge in [0.25, 0.3) is 0 Å². The van der Waals surface area contributed by atoms with Crippen molar-refractivity contribution in [1.82, 2.24) is 5.32 Å². The molecule has 1 aromatic rings. The molecule has 0 aliphatic rings. The standard InChI is InChI=1S/C12H18N2OS/c1-2-11(12(15)14-9-8-13)16-10-6-4-3-5-7-10/h3-7,11H,2,8-9,13H2,1H3,(H,14,15). The van der Waals surface area contributed by atoms with Crippen LogP contribution in [0.5, 0.6) is 0 Å². The summed E-state index contributed by atoms with van der Waals surface area (Å²) in [6.07, 6.45) is 0.815. The summed E-state index contributed by atoms with van der Waals surface area (Å²) in [5.74, 6) is 0.0711. The fourth-order valence-electron chi connectivity index (χ4n) is 1.29. The number of carbonyl (C=O) groups is 1. The van der Waals surface area contributed by atoms with Gasteiger partial charge in [0.15, 0.2) is 0 Å². The molecule has 0 aromatic heterocycles. The molecule has 4 heteroatoms. The van der Waals surface area contributed by atoms with Crippen LogP contribution in [0.2, 0.25) is 0 Å². The number of carbonyl (C=O) groups excluding carboxylic acids is 1. The molecule has 0 bridgehead atoms. The Labute approximate surface area is 101 Å². The zero-order chi connectivity index (χ0) is 11.8. The van der Waals surface area contributed by atoms with Crippen molar-refractivity contribution < 1.29 is 4.79 Å². The smallest absolute Gasteiger partial charge is 0.233 e. The Morgan fingerprint density at radius 1 is 1.44 bits per heavy atom.